The fourth-order valence-electron chi connectivity index (χ4n) is 2.56. The van der Waals surface area contributed by atoms with Crippen molar-refractivity contribution >= 4 is 21.7 Å². The van der Waals surface area contributed by atoms with Gasteiger partial charge in [0.05, 0.1) is 29.5 Å². The van der Waals surface area contributed by atoms with Crippen molar-refractivity contribution < 1.29 is 23.1 Å². The molecule has 0 aliphatic heterocycles. The summed E-state index contributed by atoms with van der Waals surface area (Å²) in [6.45, 7) is 1.56. The molecule has 6 nitrogen and oxygen atoms in total. The quantitative estimate of drug-likeness (QED) is 0.738. The van der Waals surface area contributed by atoms with Gasteiger partial charge in [0, 0.05) is 0 Å². The van der Waals surface area contributed by atoms with Crippen LogP contribution in [0.25, 0.3) is 0 Å². The Balaban J connectivity index is 2.13. The van der Waals surface area contributed by atoms with Gasteiger partial charge in [0.25, 0.3) is 0 Å². The van der Waals surface area contributed by atoms with Crippen molar-refractivity contribution in [3.63, 3.8) is 0 Å². The normalized spacial score (nSPS) is 12.3. The molecule has 0 aromatic heterocycles. The number of carbonyl (C=O) groups is 2. The van der Waals surface area contributed by atoms with Crippen molar-refractivity contribution in [1.82, 2.24) is 5.32 Å². The number of hydrogen-bond acceptors (Lipinski definition) is 4. The van der Waals surface area contributed by atoms with Crippen LogP contribution in [0.3, 0.4) is 0 Å². The van der Waals surface area contributed by atoms with Crippen LogP contribution in [0.15, 0.2) is 59.5 Å². The Morgan fingerprint density at radius 3 is 2.38 bits per heavy atom. The summed E-state index contributed by atoms with van der Waals surface area (Å²) in [5.74, 6) is -1.40. The molecule has 0 saturated heterocycles. The Hall–Kier alpha value is -2.67. The minimum Gasteiger partial charge on any atom is -0.481 e. The van der Waals surface area contributed by atoms with E-state index in [4.69, 9.17) is 5.11 Å². The first-order valence-electron chi connectivity index (χ1n) is 8.19. The van der Waals surface area contributed by atoms with Gasteiger partial charge in [-0.2, -0.15) is 0 Å². The van der Waals surface area contributed by atoms with E-state index in [1.807, 2.05) is 6.07 Å². The number of nitrogens with one attached hydrogen (secondary N) is 1. The summed E-state index contributed by atoms with van der Waals surface area (Å²) in [7, 11) is -3.35. The largest absolute Gasteiger partial charge is 0.481 e. The second kappa shape index (κ2) is 8.62. The summed E-state index contributed by atoms with van der Waals surface area (Å²) in [4.78, 5) is 23.6. The van der Waals surface area contributed by atoms with Gasteiger partial charge < -0.3 is 10.4 Å². The lowest BCUT2D eigenvalue weighted by Gasteiger charge is -2.17. The molecule has 1 amide bonds. The van der Waals surface area contributed by atoms with Crippen LogP contribution in [0, 0.1) is 0 Å². The number of benzene rings is 2. The van der Waals surface area contributed by atoms with Crippen LogP contribution in [0.5, 0.6) is 0 Å². The number of carboxylic acid groups (broad SMARTS) is 1. The molecule has 0 saturated carbocycles. The molecule has 138 valence electrons. The van der Waals surface area contributed by atoms with E-state index >= 15 is 0 Å². The lowest BCUT2D eigenvalue weighted by atomic mass is 10.0. The van der Waals surface area contributed by atoms with Gasteiger partial charge in [0.15, 0.2) is 9.84 Å². The van der Waals surface area contributed by atoms with Crippen molar-refractivity contribution in [3.05, 3.63) is 65.7 Å². The maximum Gasteiger partial charge on any atom is 0.305 e. The van der Waals surface area contributed by atoms with Crippen LogP contribution >= 0.6 is 0 Å². The van der Waals surface area contributed by atoms with Crippen molar-refractivity contribution in [3.8, 4) is 0 Å². The molecule has 2 aromatic carbocycles. The third-order valence-corrected chi connectivity index (χ3v) is 5.65. The predicted molar refractivity (Wildman–Crippen MR) is 97.5 cm³/mol. The lowest BCUT2D eigenvalue weighted by Crippen LogP contribution is -2.31. The van der Waals surface area contributed by atoms with Gasteiger partial charge in [-0.1, -0.05) is 49.4 Å². The van der Waals surface area contributed by atoms with E-state index in [2.05, 4.69) is 5.32 Å². The van der Waals surface area contributed by atoms with Gasteiger partial charge in [-0.3, -0.25) is 9.59 Å². The van der Waals surface area contributed by atoms with Gasteiger partial charge in [0.2, 0.25) is 5.91 Å². The van der Waals surface area contributed by atoms with Gasteiger partial charge in [-0.05, 0) is 23.3 Å². The standard InChI is InChI=1S/C19H21NO5S/c1-2-26(24,25)16-10-6-7-14(11-16)12-18(21)20-17(13-19(22)23)15-8-4-3-5-9-15/h3-11,17H,2,12-13H2,1H3,(H,20,21)(H,22,23). The predicted octanol–water partition coefficient (Wildman–Crippen LogP) is 2.35. The summed E-state index contributed by atoms with van der Waals surface area (Å²) in [6.07, 6.45) is -0.268. The molecule has 0 bridgehead atoms. The zero-order valence-corrected chi connectivity index (χ0v) is 15.2. The van der Waals surface area contributed by atoms with Gasteiger partial charge in [0.1, 0.15) is 0 Å². The molecule has 2 aromatic rings. The highest BCUT2D eigenvalue weighted by molar-refractivity contribution is 7.91. The fraction of sp³-hybridized carbons (Fsp3) is 0.263. The number of hydrogen-bond donors (Lipinski definition) is 2. The fourth-order valence-corrected chi connectivity index (χ4v) is 3.51. The molecule has 7 heteroatoms. The van der Waals surface area contributed by atoms with E-state index in [1.54, 1.807) is 43.3 Å². The van der Waals surface area contributed by atoms with Gasteiger partial charge in [-0.25, -0.2) is 8.42 Å². The Morgan fingerprint density at radius 2 is 1.77 bits per heavy atom. The van der Waals surface area contributed by atoms with Crippen LogP contribution in [0.1, 0.15) is 30.5 Å². The summed E-state index contributed by atoms with van der Waals surface area (Å²) in [6, 6.07) is 14.5. The molecule has 0 heterocycles. The summed E-state index contributed by atoms with van der Waals surface area (Å²) in [5.41, 5.74) is 1.25. The van der Waals surface area contributed by atoms with Crippen molar-refractivity contribution in [2.75, 3.05) is 5.75 Å². The Kier molecular flexibility index (Phi) is 6.52. The second-order valence-electron chi connectivity index (χ2n) is 5.86. The first-order valence-corrected chi connectivity index (χ1v) is 9.85. The maximum atomic E-state index is 12.4. The molecule has 0 radical (unpaired) electrons. The smallest absolute Gasteiger partial charge is 0.305 e. The van der Waals surface area contributed by atoms with Crippen LogP contribution in [-0.2, 0) is 25.8 Å². The SMILES string of the molecule is CCS(=O)(=O)c1cccc(CC(=O)NC(CC(=O)O)c2ccccc2)c1. The molecule has 0 spiro atoms. The molecule has 1 unspecified atom stereocenters. The second-order valence-corrected chi connectivity index (χ2v) is 8.13. The molecule has 0 fully saturated rings. The summed E-state index contributed by atoms with van der Waals surface area (Å²) in [5, 5.41) is 11.8. The minimum absolute atomic E-state index is 0.0165. The van der Waals surface area contributed by atoms with Crippen LogP contribution < -0.4 is 5.32 Å². The topological polar surface area (TPSA) is 101 Å². The van der Waals surface area contributed by atoms with E-state index < -0.39 is 21.8 Å². The monoisotopic (exact) mass is 375 g/mol. The highest BCUT2D eigenvalue weighted by Gasteiger charge is 2.19. The third kappa shape index (κ3) is 5.42. The zero-order chi connectivity index (χ0) is 19.2. The van der Waals surface area contributed by atoms with Crippen molar-refractivity contribution in [2.45, 2.75) is 30.7 Å². The molecule has 1 atom stereocenters. The van der Waals surface area contributed by atoms with Crippen molar-refractivity contribution in [1.29, 1.82) is 0 Å². The number of carboxylic acids is 1. The Morgan fingerprint density at radius 1 is 1.08 bits per heavy atom. The van der Waals surface area contributed by atoms with E-state index in [-0.39, 0.29) is 29.4 Å². The maximum absolute atomic E-state index is 12.4. The first kappa shape index (κ1) is 19.7. The van der Waals surface area contributed by atoms with E-state index in [0.717, 1.165) is 0 Å². The molecular weight excluding hydrogens is 354 g/mol. The van der Waals surface area contributed by atoms with Gasteiger partial charge in [-0.15, -0.1) is 0 Å². The summed E-state index contributed by atoms with van der Waals surface area (Å²) >= 11 is 0. The lowest BCUT2D eigenvalue weighted by molar-refractivity contribution is -0.137. The highest BCUT2D eigenvalue weighted by atomic mass is 32.2. The number of aliphatic carboxylic acids is 1. The van der Waals surface area contributed by atoms with Crippen molar-refractivity contribution in [2.24, 2.45) is 0 Å². The average molecular weight is 375 g/mol. The number of rotatable bonds is 8. The number of amides is 1. The Bertz CT molecular complexity index is 878. The van der Waals surface area contributed by atoms with Crippen LogP contribution in [0.4, 0.5) is 0 Å². The van der Waals surface area contributed by atoms with Crippen LogP contribution in [-0.4, -0.2) is 31.2 Å². The third-order valence-electron chi connectivity index (χ3n) is 3.92. The number of sulfone groups is 1. The minimum atomic E-state index is -3.35. The van der Waals surface area contributed by atoms with E-state index in [1.165, 1.54) is 12.1 Å². The molecule has 2 N–H and O–H groups in total. The molecule has 2 rings (SSSR count). The first-order chi connectivity index (χ1) is 12.3. The van der Waals surface area contributed by atoms with Crippen LogP contribution in [0.2, 0.25) is 0 Å². The highest BCUT2D eigenvalue weighted by Crippen LogP contribution is 2.18. The molecule has 26 heavy (non-hydrogen) atoms. The van der Waals surface area contributed by atoms with E-state index in [9.17, 15) is 18.0 Å². The zero-order valence-electron chi connectivity index (χ0n) is 14.4. The van der Waals surface area contributed by atoms with E-state index in [0.29, 0.717) is 11.1 Å². The summed E-state index contributed by atoms with van der Waals surface area (Å²) < 4.78 is 23.9. The Labute approximate surface area is 152 Å². The molecular formula is C19H21NO5S. The average Bonchev–Trinajstić information content (AvgIpc) is 2.61. The van der Waals surface area contributed by atoms with Gasteiger partial charge >= 0.3 is 5.97 Å². The number of carbonyl (C=O) groups excluding carboxylic acids is 1. The molecule has 0 aliphatic carbocycles. The molecule has 0 aliphatic rings.